The fourth-order valence-corrected chi connectivity index (χ4v) is 2.89. The molecule has 0 aliphatic rings. The van der Waals surface area contributed by atoms with Crippen molar-refractivity contribution in [1.29, 1.82) is 0 Å². The van der Waals surface area contributed by atoms with Gasteiger partial charge < -0.3 is 4.74 Å². The number of pyridine rings is 1. The Bertz CT molecular complexity index is 1120. The van der Waals surface area contributed by atoms with E-state index in [2.05, 4.69) is 51.2 Å². The van der Waals surface area contributed by atoms with Crippen LogP contribution in [0.1, 0.15) is 45.2 Å². The molecule has 9 heteroatoms. The van der Waals surface area contributed by atoms with Crippen LogP contribution in [0, 0.1) is 5.82 Å². The molecule has 0 aliphatic heterocycles. The summed E-state index contributed by atoms with van der Waals surface area (Å²) >= 11 is 0. The number of aromatic amines is 1. The fraction of sp³-hybridized carbons (Fsp3) is 0.316. The lowest BCUT2D eigenvalue weighted by atomic mass is 9.87. The van der Waals surface area contributed by atoms with Gasteiger partial charge in [0.2, 0.25) is 5.88 Å². The predicted molar refractivity (Wildman–Crippen MR) is 101 cm³/mol. The number of benzene rings is 1. The second kappa shape index (κ2) is 6.66. The molecule has 4 rings (SSSR count). The van der Waals surface area contributed by atoms with E-state index in [0.717, 1.165) is 5.56 Å². The molecule has 0 spiro atoms. The maximum Gasteiger partial charge on any atom is 0.220 e. The molecule has 0 radical (unpaired) electrons. The third-order valence-corrected chi connectivity index (χ3v) is 4.36. The highest BCUT2D eigenvalue weighted by molar-refractivity contribution is 5.74. The minimum absolute atomic E-state index is 0.253. The van der Waals surface area contributed by atoms with Gasteiger partial charge in [-0.25, -0.2) is 9.37 Å². The van der Waals surface area contributed by atoms with E-state index in [9.17, 15) is 4.39 Å². The highest BCUT2D eigenvalue weighted by atomic mass is 19.1. The van der Waals surface area contributed by atoms with E-state index < -0.39 is 11.9 Å². The first-order valence-corrected chi connectivity index (χ1v) is 8.89. The molecule has 0 saturated carbocycles. The van der Waals surface area contributed by atoms with E-state index in [0.29, 0.717) is 22.9 Å². The second-order valence-corrected chi connectivity index (χ2v) is 7.50. The van der Waals surface area contributed by atoms with Crippen molar-refractivity contribution < 1.29 is 9.13 Å². The van der Waals surface area contributed by atoms with Gasteiger partial charge in [-0.15, -0.1) is 5.10 Å². The van der Waals surface area contributed by atoms with E-state index in [1.54, 1.807) is 18.2 Å². The summed E-state index contributed by atoms with van der Waals surface area (Å²) in [6, 6.07) is 8.23. The van der Waals surface area contributed by atoms with Gasteiger partial charge in [0.1, 0.15) is 23.3 Å². The summed E-state index contributed by atoms with van der Waals surface area (Å²) < 4.78 is 21.8. The molecule has 0 fully saturated rings. The Morgan fingerprint density at radius 3 is 2.68 bits per heavy atom. The van der Waals surface area contributed by atoms with Crippen LogP contribution in [0.4, 0.5) is 4.39 Å². The average molecular weight is 381 g/mol. The van der Waals surface area contributed by atoms with Gasteiger partial charge in [0.15, 0.2) is 17.6 Å². The van der Waals surface area contributed by atoms with Crippen molar-refractivity contribution in [2.24, 2.45) is 0 Å². The highest BCUT2D eigenvalue weighted by Crippen LogP contribution is 2.34. The number of H-pyrrole nitrogens is 1. The average Bonchev–Trinajstić information content (AvgIpc) is 3.30. The van der Waals surface area contributed by atoms with Crippen molar-refractivity contribution >= 4 is 11.2 Å². The van der Waals surface area contributed by atoms with Crippen LogP contribution in [0.25, 0.3) is 16.9 Å². The monoisotopic (exact) mass is 381 g/mol. The molecule has 0 aliphatic carbocycles. The number of ether oxygens (including phenoxy) is 1. The minimum Gasteiger partial charge on any atom is -0.466 e. The summed E-state index contributed by atoms with van der Waals surface area (Å²) in [5.41, 5.74) is 1.86. The molecule has 4 aromatic rings. The molecule has 1 N–H and O–H groups in total. The maximum absolute atomic E-state index is 14.3. The molecule has 28 heavy (non-hydrogen) atoms. The summed E-state index contributed by atoms with van der Waals surface area (Å²) in [5.74, 6) is 0.521. The van der Waals surface area contributed by atoms with E-state index in [1.165, 1.54) is 17.1 Å². The van der Waals surface area contributed by atoms with Crippen molar-refractivity contribution in [3.05, 3.63) is 53.9 Å². The van der Waals surface area contributed by atoms with Gasteiger partial charge in [-0.05, 0) is 30.5 Å². The third kappa shape index (κ3) is 3.19. The van der Waals surface area contributed by atoms with Crippen molar-refractivity contribution in [2.75, 3.05) is 0 Å². The Balaban J connectivity index is 1.86. The molecule has 1 unspecified atom stereocenters. The Morgan fingerprint density at radius 2 is 2.00 bits per heavy atom. The van der Waals surface area contributed by atoms with Crippen molar-refractivity contribution in [3.8, 4) is 11.6 Å². The van der Waals surface area contributed by atoms with Crippen LogP contribution < -0.4 is 4.74 Å². The van der Waals surface area contributed by atoms with Crippen LogP contribution in [-0.4, -0.2) is 35.2 Å². The quantitative estimate of drug-likeness (QED) is 0.581. The van der Waals surface area contributed by atoms with Gasteiger partial charge in [-0.2, -0.15) is 14.8 Å². The minimum atomic E-state index is -0.421. The lowest BCUT2D eigenvalue weighted by Gasteiger charge is -2.23. The summed E-state index contributed by atoms with van der Waals surface area (Å²) in [4.78, 5) is 8.79. The number of hydrogen-bond donors (Lipinski definition) is 1. The third-order valence-electron chi connectivity index (χ3n) is 4.36. The van der Waals surface area contributed by atoms with E-state index in [4.69, 9.17) is 4.74 Å². The van der Waals surface area contributed by atoms with Crippen LogP contribution in [0.5, 0.6) is 5.88 Å². The van der Waals surface area contributed by atoms with E-state index in [-0.39, 0.29) is 11.1 Å². The summed E-state index contributed by atoms with van der Waals surface area (Å²) in [7, 11) is 0. The topological polar surface area (TPSA) is 94.4 Å². The van der Waals surface area contributed by atoms with Gasteiger partial charge >= 0.3 is 0 Å². The van der Waals surface area contributed by atoms with Crippen molar-refractivity contribution in [1.82, 2.24) is 35.2 Å². The zero-order valence-electron chi connectivity index (χ0n) is 16.0. The van der Waals surface area contributed by atoms with Gasteiger partial charge in [0.25, 0.3) is 0 Å². The molecular weight excluding hydrogens is 361 g/mol. The molecule has 3 heterocycles. The van der Waals surface area contributed by atoms with Gasteiger partial charge in [-0.1, -0.05) is 38.1 Å². The summed E-state index contributed by atoms with van der Waals surface area (Å²) in [6.07, 6.45) is 1.07. The number of hydrogen-bond acceptors (Lipinski definition) is 6. The Labute approximate surface area is 160 Å². The summed E-state index contributed by atoms with van der Waals surface area (Å²) in [5, 5.41) is 15.0. The summed E-state index contributed by atoms with van der Waals surface area (Å²) in [6.45, 7) is 8.01. The van der Waals surface area contributed by atoms with Crippen LogP contribution in [0.3, 0.4) is 0 Å². The van der Waals surface area contributed by atoms with Gasteiger partial charge in [-0.3, -0.25) is 5.10 Å². The molecule has 144 valence electrons. The van der Waals surface area contributed by atoms with E-state index >= 15 is 0 Å². The standard InChI is InChI=1S/C19H20FN7O/c1-11(16-21-10-22-25-16)28-18-12(19(2,3)4)9-14-17(23-18)27(26-24-14)15-8-6-5-7-13(15)20/h5-11H,1-4H3,(H,21,22,25). The molecule has 0 saturated heterocycles. The zero-order chi connectivity index (χ0) is 19.9. The first-order chi connectivity index (χ1) is 13.3. The number of nitrogens with one attached hydrogen (secondary N) is 1. The van der Waals surface area contributed by atoms with Crippen LogP contribution >= 0.6 is 0 Å². The SMILES string of the molecule is CC(Oc1nc2c(cc1C(C)(C)C)nnn2-c1ccccc1F)c1nc[nH]n1. The van der Waals surface area contributed by atoms with Gasteiger partial charge in [0.05, 0.1) is 0 Å². The Morgan fingerprint density at radius 1 is 1.21 bits per heavy atom. The number of aromatic nitrogens is 7. The van der Waals surface area contributed by atoms with Crippen LogP contribution in [-0.2, 0) is 5.41 Å². The molecule has 0 amide bonds. The van der Waals surface area contributed by atoms with Crippen LogP contribution in [0.2, 0.25) is 0 Å². The largest absolute Gasteiger partial charge is 0.466 e. The predicted octanol–water partition coefficient (Wildman–Crippen LogP) is 3.51. The normalized spacial score (nSPS) is 13.0. The molecule has 1 atom stereocenters. The molecule has 8 nitrogen and oxygen atoms in total. The number of para-hydroxylation sites is 1. The lowest BCUT2D eigenvalue weighted by molar-refractivity contribution is 0.203. The number of rotatable bonds is 4. The Hall–Kier alpha value is -3.36. The number of halogens is 1. The molecule has 1 aromatic carbocycles. The Kier molecular flexibility index (Phi) is 4.29. The van der Waals surface area contributed by atoms with Crippen LogP contribution in [0.15, 0.2) is 36.7 Å². The smallest absolute Gasteiger partial charge is 0.220 e. The molecule has 0 bridgehead atoms. The zero-order valence-corrected chi connectivity index (χ0v) is 16.0. The van der Waals surface area contributed by atoms with Crippen molar-refractivity contribution in [3.63, 3.8) is 0 Å². The number of nitrogens with zero attached hydrogens (tertiary/aromatic N) is 6. The first-order valence-electron chi connectivity index (χ1n) is 8.89. The van der Waals surface area contributed by atoms with E-state index in [1.807, 2.05) is 13.0 Å². The first kappa shape index (κ1) is 18.0. The highest BCUT2D eigenvalue weighted by Gasteiger charge is 2.26. The maximum atomic E-state index is 14.3. The molecular formula is C19H20FN7O. The van der Waals surface area contributed by atoms with Gasteiger partial charge in [0, 0.05) is 5.56 Å². The van der Waals surface area contributed by atoms with Crippen molar-refractivity contribution in [2.45, 2.75) is 39.2 Å². The second-order valence-electron chi connectivity index (χ2n) is 7.50. The number of fused-ring (bicyclic) bond motifs is 1. The fourth-order valence-electron chi connectivity index (χ4n) is 2.89. The molecule has 3 aromatic heterocycles. The lowest BCUT2D eigenvalue weighted by Crippen LogP contribution is -2.17.